The third-order valence-corrected chi connectivity index (χ3v) is 4.94. The number of para-hydroxylation sites is 1. The molecule has 7 heteroatoms. The monoisotopic (exact) mass is 430 g/mol. The number of nitrogens with one attached hydrogen (secondary N) is 2. The van der Waals surface area contributed by atoms with Gasteiger partial charge in [0.15, 0.2) is 0 Å². The van der Waals surface area contributed by atoms with Gasteiger partial charge in [-0.25, -0.2) is 4.68 Å². The quantitative estimate of drug-likeness (QED) is 0.477. The molecular weight excluding hydrogens is 412 g/mol. The van der Waals surface area contributed by atoms with Gasteiger partial charge in [-0.3, -0.25) is 9.59 Å². The zero-order valence-electron chi connectivity index (χ0n) is 16.7. The molecule has 0 aliphatic rings. The largest absolute Gasteiger partial charge is 0.355 e. The second kappa shape index (κ2) is 8.85. The number of aromatic nitrogens is 2. The Labute approximate surface area is 184 Å². The SMILES string of the molecule is CNC(=O)c1cccc(NC(=O)c2cc(-c3ccc(Cl)cc3)nn2-c2ccccc2)c1. The maximum absolute atomic E-state index is 13.2. The topological polar surface area (TPSA) is 76.0 Å². The number of anilines is 1. The number of benzene rings is 3. The van der Waals surface area contributed by atoms with Crippen molar-refractivity contribution in [3.8, 4) is 16.9 Å². The minimum absolute atomic E-state index is 0.226. The minimum atomic E-state index is -0.342. The molecule has 0 fully saturated rings. The first-order chi connectivity index (χ1) is 15.0. The molecule has 154 valence electrons. The van der Waals surface area contributed by atoms with Crippen LogP contribution in [-0.4, -0.2) is 28.6 Å². The van der Waals surface area contributed by atoms with Crippen molar-refractivity contribution in [1.82, 2.24) is 15.1 Å². The first kappa shape index (κ1) is 20.4. The maximum Gasteiger partial charge on any atom is 0.274 e. The van der Waals surface area contributed by atoms with Gasteiger partial charge >= 0.3 is 0 Å². The van der Waals surface area contributed by atoms with Gasteiger partial charge < -0.3 is 10.6 Å². The van der Waals surface area contributed by atoms with Crippen molar-refractivity contribution in [2.75, 3.05) is 12.4 Å². The lowest BCUT2D eigenvalue weighted by molar-refractivity contribution is 0.0961. The van der Waals surface area contributed by atoms with Gasteiger partial charge in [0.1, 0.15) is 5.69 Å². The lowest BCUT2D eigenvalue weighted by atomic mass is 10.1. The first-order valence-corrected chi connectivity index (χ1v) is 9.98. The van der Waals surface area contributed by atoms with Crippen LogP contribution >= 0.6 is 11.6 Å². The molecule has 0 spiro atoms. The van der Waals surface area contributed by atoms with Crippen LogP contribution < -0.4 is 10.6 Å². The van der Waals surface area contributed by atoms with Crippen LogP contribution in [0.3, 0.4) is 0 Å². The Balaban J connectivity index is 1.71. The molecule has 0 saturated carbocycles. The Morgan fingerprint density at radius 2 is 1.61 bits per heavy atom. The highest BCUT2D eigenvalue weighted by atomic mass is 35.5. The van der Waals surface area contributed by atoms with Crippen molar-refractivity contribution in [3.05, 3.63) is 101 Å². The summed E-state index contributed by atoms with van der Waals surface area (Å²) in [4.78, 5) is 25.1. The standard InChI is InChI=1S/C24H19ClN4O2/c1-26-23(30)17-6-5-7-19(14-17)27-24(31)22-15-21(16-10-12-18(25)13-11-16)28-29(22)20-8-3-2-4-9-20/h2-15H,1H3,(H,26,30)(H,27,31). The van der Waals surface area contributed by atoms with E-state index in [1.54, 1.807) is 54.2 Å². The molecule has 1 heterocycles. The van der Waals surface area contributed by atoms with Crippen LogP contribution in [0.5, 0.6) is 0 Å². The molecule has 0 unspecified atom stereocenters. The molecule has 1 aromatic heterocycles. The summed E-state index contributed by atoms with van der Waals surface area (Å²) in [6, 6.07) is 25.2. The number of hydrogen-bond donors (Lipinski definition) is 2. The number of hydrogen-bond acceptors (Lipinski definition) is 3. The molecule has 2 N–H and O–H groups in total. The molecule has 31 heavy (non-hydrogen) atoms. The van der Waals surface area contributed by atoms with Crippen molar-refractivity contribution < 1.29 is 9.59 Å². The van der Waals surface area contributed by atoms with Crippen LogP contribution in [0.15, 0.2) is 84.9 Å². The zero-order valence-corrected chi connectivity index (χ0v) is 17.4. The van der Waals surface area contributed by atoms with Gasteiger partial charge in [0, 0.05) is 28.9 Å². The second-order valence-electron chi connectivity index (χ2n) is 6.78. The Morgan fingerprint density at radius 3 is 2.32 bits per heavy atom. The molecule has 0 bridgehead atoms. The molecule has 4 aromatic rings. The molecule has 4 rings (SSSR count). The smallest absolute Gasteiger partial charge is 0.274 e. The normalized spacial score (nSPS) is 10.5. The van der Waals surface area contributed by atoms with E-state index in [1.165, 1.54) is 0 Å². The van der Waals surface area contributed by atoms with Crippen molar-refractivity contribution in [3.63, 3.8) is 0 Å². The van der Waals surface area contributed by atoms with E-state index in [-0.39, 0.29) is 11.8 Å². The maximum atomic E-state index is 13.2. The summed E-state index contributed by atoms with van der Waals surface area (Å²) in [6.45, 7) is 0. The molecule has 6 nitrogen and oxygen atoms in total. The van der Waals surface area contributed by atoms with E-state index < -0.39 is 0 Å². The third-order valence-electron chi connectivity index (χ3n) is 4.69. The predicted molar refractivity (Wildman–Crippen MR) is 122 cm³/mol. The van der Waals surface area contributed by atoms with Gasteiger partial charge in [-0.2, -0.15) is 5.10 Å². The number of nitrogens with zero attached hydrogens (tertiary/aromatic N) is 2. The third kappa shape index (κ3) is 4.49. The molecule has 0 aliphatic carbocycles. The highest BCUT2D eigenvalue weighted by Gasteiger charge is 2.18. The van der Waals surface area contributed by atoms with Crippen LogP contribution in [0.4, 0.5) is 5.69 Å². The summed E-state index contributed by atoms with van der Waals surface area (Å²) in [5.74, 6) is -0.568. The van der Waals surface area contributed by atoms with Gasteiger partial charge in [-0.15, -0.1) is 0 Å². The summed E-state index contributed by atoms with van der Waals surface area (Å²) in [6.07, 6.45) is 0. The lowest BCUT2D eigenvalue weighted by Gasteiger charge is -2.09. The average molecular weight is 431 g/mol. The minimum Gasteiger partial charge on any atom is -0.355 e. The lowest BCUT2D eigenvalue weighted by Crippen LogP contribution is -2.19. The molecular formula is C24H19ClN4O2. The molecule has 0 radical (unpaired) electrons. The van der Waals surface area contributed by atoms with E-state index in [0.29, 0.717) is 27.7 Å². The summed E-state index contributed by atoms with van der Waals surface area (Å²) in [5.41, 5.74) is 3.58. The summed E-state index contributed by atoms with van der Waals surface area (Å²) < 4.78 is 1.60. The fourth-order valence-electron chi connectivity index (χ4n) is 3.15. The number of carbonyl (C=O) groups is 2. The highest BCUT2D eigenvalue weighted by molar-refractivity contribution is 6.30. The van der Waals surface area contributed by atoms with Gasteiger partial charge in [0.2, 0.25) is 0 Å². The molecule has 2 amide bonds. The van der Waals surface area contributed by atoms with E-state index in [1.807, 2.05) is 42.5 Å². The van der Waals surface area contributed by atoms with Crippen molar-refractivity contribution >= 4 is 29.1 Å². The van der Waals surface area contributed by atoms with Crippen molar-refractivity contribution in [1.29, 1.82) is 0 Å². The number of halogens is 1. The number of amides is 2. The Bertz CT molecular complexity index is 1230. The van der Waals surface area contributed by atoms with Crippen LogP contribution in [0, 0.1) is 0 Å². The van der Waals surface area contributed by atoms with E-state index in [4.69, 9.17) is 11.6 Å². The molecule has 0 aliphatic heterocycles. The Kier molecular flexibility index (Phi) is 5.82. The summed E-state index contributed by atoms with van der Waals surface area (Å²) in [5, 5.41) is 10.7. The van der Waals surface area contributed by atoms with Crippen LogP contribution in [0.2, 0.25) is 5.02 Å². The summed E-state index contributed by atoms with van der Waals surface area (Å²) >= 11 is 6.00. The first-order valence-electron chi connectivity index (χ1n) is 9.60. The Hall–Kier alpha value is -3.90. The predicted octanol–water partition coefficient (Wildman–Crippen LogP) is 4.80. The fraction of sp³-hybridized carbons (Fsp3) is 0.0417. The van der Waals surface area contributed by atoms with Crippen molar-refractivity contribution in [2.24, 2.45) is 0 Å². The molecule has 0 saturated heterocycles. The Morgan fingerprint density at radius 1 is 0.871 bits per heavy atom. The van der Waals surface area contributed by atoms with E-state index in [0.717, 1.165) is 11.3 Å². The second-order valence-corrected chi connectivity index (χ2v) is 7.22. The van der Waals surface area contributed by atoms with Crippen molar-refractivity contribution in [2.45, 2.75) is 0 Å². The van der Waals surface area contributed by atoms with Gasteiger partial charge in [-0.1, -0.05) is 48.0 Å². The molecule has 0 atom stereocenters. The van der Waals surface area contributed by atoms with Crippen LogP contribution in [0.25, 0.3) is 16.9 Å². The van der Waals surface area contributed by atoms with E-state index in [9.17, 15) is 9.59 Å². The van der Waals surface area contributed by atoms with Crippen LogP contribution in [-0.2, 0) is 0 Å². The fourth-order valence-corrected chi connectivity index (χ4v) is 3.27. The van der Waals surface area contributed by atoms with Gasteiger partial charge in [0.25, 0.3) is 11.8 Å². The zero-order chi connectivity index (χ0) is 21.8. The van der Waals surface area contributed by atoms with Gasteiger partial charge in [0.05, 0.1) is 11.4 Å². The average Bonchev–Trinajstić information content (AvgIpc) is 3.25. The number of carbonyl (C=O) groups excluding carboxylic acids is 2. The van der Waals surface area contributed by atoms with E-state index in [2.05, 4.69) is 15.7 Å². The van der Waals surface area contributed by atoms with E-state index >= 15 is 0 Å². The van der Waals surface area contributed by atoms with Gasteiger partial charge in [-0.05, 0) is 48.5 Å². The molecule has 3 aromatic carbocycles. The summed E-state index contributed by atoms with van der Waals surface area (Å²) in [7, 11) is 1.56. The number of rotatable bonds is 5. The highest BCUT2D eigenvalue weighted by Crippen LogP contribution is 2.24. The van der Waals surface area contributed by atoms with Crippen LogP contribution in [0.1, 0.15) is 20.8 Å².